The molecule has 0 aliphatic carbocycles. The zero-order valence-corrected chi connectivity index (χ0v) is 16.4. The zero-order chi connectivity index (χ0) is 20.6. The molecule has 0 saturated carbocycles. The summed E-state index contributed by atoms with van der Waals surface area (Å²) in [6.07, 6.45) is -2.54. The molecule has 0 aromatic heterocycles. The SMILES string of the molecule is CCC(CC)C(CNC(=O)COc1ccccc1C(F)(F)F)N1CCOCC1. The minimum atomic E-state index is -4.52. The maximum atomic E-state index is 13.0. The van der Waals surface area contributed by atoms with Gasteiger partial charge in [-0.2, -0.15) is 13.2 Å². The van der Waals surface area contributed by atoms with Gasteiger partial charge in [0.2, 0.25) is 0 Å². The molecule has 1 heterocycles. The second kappa shape index (κ2) is 10.7. The van der Waals surface area contributed by atoms with Gasteiger partial charge in [0.05, 0.1) is 18.8 Å². The molecule has 1 aromatic rings. The summed E-state index contributed by atoms with van der Waals surface area (Å²) >= 11 is 0. The highest BCUT2D eigenvalue weighted by Crippen LogP contribution is 2.35. The van der Waals surface area contributed by atoms with Crippen molar-refractivity contribution < 1.29 is 27.4 Å². The van der Waals surface area contributed by atoms with E-state index in [4.69, 9.17) is 9.47 Å². The van der Waals surface area contributed by atoms with E-state index in [1.54, 1.807) is 0 Å². The van der Waals surface area contributed by atoms with Gasteiger partial charge in [-0.25, -0.2) is 0 Å². The monoisotopic (exact) mass is 402 g/mol. The Bertz CT molecular complexity index is 615. The molecule has 1 unspecified atom stereocenters. The molecular weight excluding hydrogens is 373 g/mol. The van der Waals surface area contributed by atoms with Crippen molar-refractivity contribution in [3.63, 3.8) is 0 Å². The molecule has 158 valence electrons. The quantitative estimate of drug-likeness (QED) is 0.688. The molecule has 0 bridgehead atoms. The number of morpholine rings is 1. The van der Waals surface area contributed by atoms with E-state index in [1.165, 1.54) is 18.2 Å². The summed E-state index contributed by atoms with van der Waals surface area (Å²) in [6.45, 7) is 7.20. The topological polar surface area (TPSA) is 50.8 Å². The lowest BCUT2D eigenvalue weighted by Crippen LogP contribution is -2.52. The molecule has 1 aliphatic rings. The third kappa shape index (κ3) is 6.38. The first-order chi connectivity index (χ1) is 13.4. The normalized spacial score (nSPS) is 16.8. The highest BCUT2D eigenvalue weighted by molar-refractivity contribution is 5.77. The molecule has 1 amide bonds. The van der Waals surface area contributed by atoms with E-state index in [0.29, 0.717) is 25.7 Å². The van der Waals surface area contributed by atoms with E-state index < -0.39 is 24.3 Å². The number of halogens is 3. The lowest BCUT2D eigenvalue weighted by Gasteiger charge is -2.38. The third-order valence-corrected chi connectivity index (χ3v) is 5.17. The van der Waals surface area contributed by atoms with Gasteiger partial charge >= 0.3 is 6.18 Å². The van der Waals surface area contributed by atoms with Gasteiger partial charge in [-0.15, -0.1) is 0 Å². The molecule has 1 saturated heterocycles. The molecule has 1 N–H and O–H groups in total. The lowest BCUT2D eigenvalue weighted by atomic mass is 9.92. The first-order valence-corrected chi connectivity index (χ1v) is 9.74. The van der Waals surface area contributed by atoms with Crippen LogP contribution in [0, 0.1) is 5.92 Å². The van der Waals surface area contributed by atoms with E-state index in [1.807, 2.05) is 0 Å². The number of carbonyl (C=O) groups excluding carboxylic acids is 1. The fraction of sp³-hybridized carbons (Fsp3) is 0.650. The van der Waals surface area contributed by atoms with Gasteiger partial charge in [-0.05, 0) is 18.1 Å². The van der Waals surface area contributed by atoms with Gasteiger partial charge in [0, 0.05) is 25.7 Å². The van der Waals surface area contributed by atoms with Crippen molar-refractivity contribution in [1.29, 1.82) is 0 Å². The van der Waals surface area contributed by atoms with Crippen LogP contribution in [-0.2, 0) is 15.7 Å². The van der Waals surface area contributed by atoms with Crippen LogP contribution in [0.4, 0.5) is 13.2 Å². The Hall–Kier alpha value is -1.80. The highest BCUT2D eigenvalue weighted by atomic mass is 19.4. The molecule has 28 heavy (non-hydrogen) atoms. The Morgan fingerprint density at radius 2 is 1.86 bits per heavy atom. The van der Waals surface area contributed by atoms with Crippen molar-refractivity contribution in [2.45, 2.75) is 38.9 Å². The van der Waals surface area contributed by atoms with Crippen molar-refractivity contribution in [2.24, 2.45) is 5.92 Å². The fourth-order valence-corrected chi connectivity index (χ4v) is 3.58. The van der Waals surface area contributed by atoms with Gasteiger partial charge in [0.1, 0.15) is 5.75 Å². The largest absolute Gasteiger partial charge is 0.483 e. The molecule has 0 radical (unpaired) electrons. The summed E-state index contributed by atoms with van der Waals surface area (Å²) in [5.41, 5.74) is -0.883. The number of hydrogen-bond acceptors (Lipinski definition) is 4. The van der Waals surface area contributed by atoms with E-state index >= 15 is 0 Å². The fourth-order valence-electron chi connectivity index (χ4n) is 3.58. The Labute approximate surface area is 164 Å². The Morgan fingerprint density at radius 3 is 2.46 bits per heavy atom. The molecule has 1 fully saturated rings. The lowest BCUT2D eigenvalue weighted by molar-refractivity contribution is -0.139. The van der Waals surface area contributed by atoms with Crippen molar-refractivity contribution in [3.8, 4) is 5.75 Å². The van der Waals surface area contributed by atoms with Gasteiger partial charge in [0.25, 0.3) is 5.91 Å². The molecule has 2 rings (SSSR count). The van der Waals surface area contributed by atoms with Gasteiger partial charge in [-0.3, -0.25) is 9.69 Å². The third-order valence-electron chi connectivity index (χ3n) is 5.17. The summed E-state index contributed by atoms with van der Waals surface area (Å²) in [5.74, 6) is -0.346. The first-order valence-electron chi connectivity index (χ1n) is 9.74. The van der Waals surface area contributed by atoms with E-state index in [9.17, 15) is 18.0 Å². The van der Waals surface area contributed by atoms with Crippen LogP contribution in [-0.4, -0.2) is 56.3 Å². The van der Waals surface area contributed by atoms with Crippen LogP contribution in [0.1, 0.15) is 32.3 Å². The number of carbonyl (C=O) groups is 1. The number of alkyl halides is 3. The zero-order valence-electron chi connectivity index (χ0n) is 16.4. The van der Waals surface area contributed by atoms with Crippen molar-refractivity contribution in [1.82, 2.24) is 10.2 Å². The average molecular weight is 402 g/mol. The standard InChI is InChI=1S/C20H29F3N2O3/c1-3-15(4-2)17(25-9-11-27-12-10-25)13-24-19(26)14-28-18-8-6-5-7-16(18)20(21,22)23/h5-8,15,17H,3-4,9-14H2,1-2H3,(H,24,26). The van der Waals surface area contributed by atoms with Crippen molar-refractivity contribution >= 4 is 5.91 Å². The maximum absolute atomic E-state index is 13.0. The number of nitrogens with one attached hydrogen (secondary N) is 1. The second-order valence-electron chi connectivity index (χ2n) is 6.88. The second-order valence-corrected chi connectivity index (χ2v) is 6.88. The minimum absolute atomic E-state index is 0.172. The van der Waals surface area contributed by atoms with Gasteiger partial charge in [-0.1, -0.05) is 38.8 Å². The summed E-state index contributed by atoms with van der Waals surface area (Å²) in [5, 5.41) is 2.83. The maximum Gasteiger partial charge on any atom is 0.419 e. The molecule has 1 aromatic carbocycles. The number of hydrogen-bond donors (Lipinski definition) is 1. The van der Waals surface area contributed by atoms with Crippen LogP contribution in [0.15, 0.2) is 24.3 Å². The number of rotatable bonds is 9. The number of benzene rings is 1. The number of nitrogens with zero attached hydrogens (tertiary/aromatic N) is 1. The van der Waals surface area contributed by atoms with Crippen LogP contribution < -0.4 is 10.1 Å². The highest BCUT2D eigenvalue weighted by Gasteiger charge is 2.34. The summed E-state index contributed by atoms with van der Waals surface area (Å²) in [4.78, 5) is 14.5. The minimum Gasteiger partial charge on any atom is -0.483 e. The molecule has 1 aliphatic heterocycles. The van der Waals surface area contributed by atoms with Crippen molar-refractivity contribution in [3.05, 3.63) is 29.8 Å². The summed E-state index contributed by atoms with van der Waals surface area (Å²) in [6, 6.07) is 5.07. The van der Waals surface area contributed by atoms with Crippen LogP contribution in [0.2, 0.25) is 0 Å². The molecular formula is C20H29F3N2O3. The number of ether oxygens (including phenoxy) is 2. The number of amides is 1. The Kier molecular flexibility index (Phi) is 8.57. The van der Waals surface area contributed by atoms with Crippen LogP contribution in [0.5, 0.6) is 5.75 Å². The molecule has 5 nitrogen and oxygen atoms in total. The molecule has 1 atom stereocenters. The van der Waals surface area contributed by atoms with Crippen LogP contribution in [0.3, 0.4) is 0 Å². The van der Waals surface area contributed by atoms with Gasteiger partial charge < -0.3 is 14.8 Å². The summed E-state index contributed by atoms with van der Waals surface area (Å²) in [7, 11) is 0. The Balaban J connectivity index is 1.92. The van der Waals surface area contributed by atoms with E-state index in [0.717, 1.165) is 32.0 Å². The smallest absolute Gasteiger partial charge is 0.419 e. The summed E-state index contributed by atoms with van der Waals surface area (Å²) < 4.78 is 49.6. The van der Waals surface area contributed by atoms with Crippen LogP contribution >= 0.6 is 0 Å². The predicted molar refractivity (Wildman–Crippen MR) is 100 cm³/mol. The first kappa shape index (κ1) is 22.5. The molecule has 0 spiro atoms. The van der Waals surface area contributed by atoms with E-state index in [-0.39, 0.29) is 11.8 Å². The Morgan fingerprint density at radius 1 is 1.21 bits per heavy atom. The number of para-hydroxylation sites is 1. The molecule has 8 heteroatoms. The van der Waals surface area contributed by atoms with Crippen LogP contribution in [0.25, 0.3) is 0 Å². The van der Waals surface area contributed by atoms with Gasteiger partial charge in [0.15, 0.2) is 6.61 Å². The average Bonchev–Trinajstić information content (AvgIpc) is 2.69. The van der Waals surface area contributed by atoms with Crippen molar-refractivity contribution in [2.75, 3.05) is 39.5 Å². The predicted octanol–water partition coefficient (Wildman–Crippen LogP) is 3.34. The van der Waals surface area contributed by atoms with E-state index in [2.05, 4.69) is 24.1 Å².